The molecular formula is C12H11BrClNO3S2. The molecule has 0 atom stereocenters. The summed E-state index contributed by atoms with van der Waals surface area (Å²) in [6, 6.07) is 8.04. The number of halogens is 2. The molecule has 0 bridgehead atoms. The number of aliphatic hydroxyl groups is 1. The Bertz CT molecular complexity index is 715. The molecule has 4 nitrogen and oxygen atoms in total. The zero-order valence-electron chi connectivity index (χ0n) is 10.1. The number of anilines is 1. The number of rotatable bonds is 5. The SMILES string of the molecule is O=S(=O)(Nc1ccc(Cl)cc1Br)c1ccc(CCO)s1. The first-order chi connectivity index (χ1) is 9.42. The predicted molar refractivity (Wildman–Crippen MR) is 85.1 cm³/mol. The van der Waals surface area contributed by atoms with Crippen LogP contribution >= 0.6 is 38.9 Å². The molecule has 0 amide bonds. The van der Waals surface area contributed by atoms with Crippen molar-refractivity contribution in [3.63, 3.8) is 0 Å². The van der Waals surface area contributed by atoms with Crippen molar-refractivity contribution < 1.29 is 13.5 Å². The molecule has 0 unspecified atom stereocenters. The van der Waals surface area contributed by atoms with E-state index in [0.717, 1.165) is 16.2 Å². The number of benzene rings is 1. The summed E-state index contributed by atoms with van der Waals surface area (Å²) < 4.78 is 27.8. The molecule has 108 valence electrons. The maximum absolute atomic E-state index is 12.2. The van der Waals surface area contributed by atoms with Crippen LogP contribution < -0.4 is 4.72 Å². The molecule has 0 spiro atoms. The van der Waals surface area contributed by atoms with Crippen LogP contribution in [0.1, 0.15) is 4.88 Å². The van der Waals surface area contributed by atoms with Crippen molar-refractivity contribution in [2.45, 2.75) is 10.6 Å². The van der Waals surface area contributed by atoms with Crippen molar-refractivity contribution in [3.8, 4) is 0 Å². The van der Waals surface area contributed by atoms with E-state index < -0.39 is 10.0 Å². The van der Waals surface area contributed by atoms with Gasteiger partial charge in [0, 0.05) is 27.4 Å². The molecule has 2 rings (SSSR count). The van der Waals surface area contributed by atoms with Crippen molar-refractivity contribution in [2.24, 2.45) is 0 Å². The van der Waals surface area contributed by atoms with E-state index in [4.69, 9.17) is 16.7 Å². The van der Waals surface area contributed by atoms with E-state index in [1.54, 1.807) is 24.3 Å². The molecule has 0 fully saturated rings. The van der Waals surface area contributed by atoms with E-state index >= 15 is 0 Å². The fourth-order valence-electron chi connectivity index (χ4n) is 1.51. The van der Waals surface area contributed by atoms with Gasteiger partial charge in [0.25, 0.3) is 10.0 Å². The minimum absolute atomic E-state index is 0.00381. The van der Waals surface area contributed by atoms with Gasteiger partial charge in [0.2, 0.25) is 0 Å². The van der Waals surface area contributed by atoms with Crippen LogP contribution in [0.3, 0.4) is 0 Å². The second-order valence-electron chi connectivity index (χ2n) is 3.92. The van der Waals surface area contributed by atoms with Crippen LogP contribution in [0.4, 0.5) is 5.69 Å². The monoisotopic (exact) mass is 395 g/mol. The van der Waals surface area contributed by atoms with Gasteiger partial charge in [-0.2, -0.15) is 0 Å². The molecule has 8 heteroatoms. The summed E-state index contributed by atoms with van der Waals surface area (Å²) in [5, 5.41) is 9.37. The van der Waals surface area contributed by atoms with Crippen molar-refractivity contribution in [1.29, 1.82) is 0 Å². The van der Waals surface area contributed by atoms with Gasteiger partial charge in [-0.1, -0.05) is 11.6 Å². The number of sulfonamides is 1. The van der Waals surface area contributed by atoms with E-state index in [9.17, 15) is 8.42 Å². The molecule has 0 aliphatic carbocycles. The predicted octanol–water partition coefficient (Wildman–Crippen LogP) is 3.50. The molecule has 2 N–H and O–H groups in total. The Morgan fingerprint density at radius 2 is 2.05 bits per heavy atom. The van der Waals surface area contributed by atoms with Crippen molar-refractivity contribution in [2.75, 3.05) is 11.3 Å². The summed E-state index contributed by atoms with van der Waals surface area (Å²) in [5.74, 6) is 0. The lowest BCUT2D eigenvalue weighted by atomic mass is 10.3. The molecule has 0 aliphatic rings. The largest absolute Gasteiger partial charge is 0.396 e. The summed E-state index contributed by atoms with van der Waals surface area (Å²) in [4.78, 5) is 0.822. The number of aliphatic hydroxyl groups excluding tert-OH is 1. The first-order valence-electron chi connectivity index (χ1n) is 5.60. The van der Waals surface area contributed by atoms with Gasteiger partial charge in [0.05, 0.1) is 5.69 Å². The Hall–Kier alpha value is -0.600. The second kappa shape index (κ2) is 6.44. The minimum atomic E-state index is -3.63. The van der Waals surface area contributed by atoms with Gasteiger partial charge < -0.3 is 5.11 Å². The first-order valence-corrected chi connectivity index (χ1v) is 9.07. The molecule has 0 aliphatic heterocycles. The van der Waals surface area contributed by atoms with Crippen molar-refractivity contribution in [3.05, 3.63) is 44.7 Å². The topological polar surface area (TPSA) is 66.4 Å². The molecule has 20 heavy (non-hydrogen) atoms. The highest BCUT2D eigenvalue weighted by molar-refractivity contribution is 9.10. The zero-order chi connectivity index (χ0) is 14.8. The third-order valence-corrected chi connectivity index (χ3v) is 6.33. The van der Waals surface area contributed by atoms with Crippen LogP contribution in [-0.2, 0) is 16.4 Å². The van der Waals surface area contributed by atoms with Gasteiger partial charge >= 0.3 is 0 Å². The molecule has 0 radical (unpaired) electrons. The van der Waals surface area contributed by atoms with Crippen LogP contribution in [0.25, 0.3) is 0 Å². The second-order valence-corrected chi connectivity index (χ2v) is 8.29. The highest BCUT2D eigenvalue weighted by Gasteiger charge is 2.18. The summed E-state index contributed by atoms with van der Waals surface area (Å²) in [7, 11) is -3.63. The third-order valence-electron chi connectivity index (χ3n) is 2.44. The fourth-order valence-corrected chi connectivity index (χ4v) is 4.85. The van der Waals surface area contributed by atoms with Crippen molar-refractivity contribution in [1.82, 2.24) is 0 Å². The average molecular weight is 397 g/mol. The standard InChI is InChI=1S/C12H11BrClNO3S2/c13-10-7-8(14)1-3-11(10)15-20(17,18)12-4-2-9(19-12)5-6-16/h1-4,7,15-16H,5-6H2. The van der Waals surface area contributed by atoms with E-state index in [-0.39, 0.29) is 10.8 Å². The Labute approximate surface area is 134 Å². The molecule has 0 saturated carbocycles. The first kappa shape index (κ1) is 15.8. The molecule has 2 aromatic rings. The van der Waals surface area contributed by atoms with Gasteiger partial charge in [-0.3, -0.25) is 4.72 Å². The van der Waals surface area contributed by atoms with E-state index in [0.29, 0.717) is 21.6 Å². The molecule has 1 aromatic heterocycles. The van der Waals surface area contributed by atoms with Gasteiger partial charge in [-0.25, -0.2) is 8.42 Å². The lowest BCUT2D eigenvalue weighted by molar-refractivity contribution is 0.300. The van der Waals surface area contributed by atoms with Gasteiger partial charge in [-0.15, -0.1) is 11.3 Å². The van der Waals surface area contributed by atoms with Gasteiger partial charge in [0.1, 0.15) is 4.21 Å². The van der Waals surface area contributed by atoms with E-state index in [1.165, 1.54) is 6.07 Å². The Morgan fingerprint density at radius 3 is 2.70 bits per heavy atom. The number of hydrogen-bond acceptors (Lipinski definition) is 4. The maximum Gasteiger partial charge on any atom is 0.271 e. The van der Waals surface area contributed by atoms with Gasteiger partial charge in [0.15, 0.2) is 0 Å². The summed E-state index contributed by atoms with van der Waals surface area (Å²) in [6.07, 6.45) is 0.449. The Balaban J connectivity index is 2.26. The minimum Gasteiger partial charge on any atom is -0.396 e. The molecule has 1 aromatic carbocycles. The Morgan fingerprint density at radius 1 is 1.30 bits per heavy atom. The Kier molecular flexibility index (Phi) is 5.09. The third kappa shape index (κ3) is 3.73. The smallest absolute Gasteiger partial charge is 0.271 e. The molecule has 0 saturated heterocycles. The number of thiophene rings is 1. The fraction of sp³-hybridized carbons (Fsp3) is 0.167. The van der Waals surface area contributed by atoms with Gasteiger partial charge in [-0.05, 0) is 46.3 Å². The normalized spacial score (nSPS) is 11.6. The summed E-state index contributed by atoms with van der Waals surface area (Å²) >= 11 is 10.2. The highest BCUT2D eigenvalue weighted by Crippen LogP contribution is 2.29. The van der Waals surface area contributed by atoms with Crippen LogP contribution in [0.15, 0.2) is 39.0 Å². The summed E-state index contributed by atoms with van der Waals surface area (Å²) in [6.45, 7) is -0.00381. The van der Waals surface area contributed by atoms with E-state index in [2.05, 4.69) is 20.7 Å². The maximum atomic E-state index is 12.2. The number of hydrogen-bond donors (Lipinski definition) is 2. The van der Waals surface area contributed by atoms with E-state index in [1.807, 2.05) is 0 Å². The van der Waals surface area contributed by atoms with Crippen molar-refractivity contribution >= 4 is 54.6 Å². The van der Waals surface area contributed by atoms with Crippen LogP contribution in [-0.4, -0.2) is 20.1 Å². The van der Waals surface area contributed by atoms with Crippen LogP contribution in [0.5, 0.6) is 0 Å². The summed E-state index contributed by atoms with van der Waals surface area (Å²) in [5.41, 5.74) is 0.423. The lowest BCUT2D eigenvalue weighted by Crippen LogP contribution is -2.11. The number of nitrogens with one attached hydrogen (secondary N) is 1. The zero-order valence-corrected chi connectivity index (χ0v) is 14.1. The molecular weight excluding hydrogens is 386 g/mol. The average Bonchev–Trinajstić information content (AvgIpc) is 2.83. The quantitative estimate of drug-likeness (QED) is 0.813. The highest BCUT2D eigenvalue weighted by atomic mass is 79.9. The van der Waals surface area contributed by atoms with Crippen LogP contribution in [0, 0.1) is 0 Å². The molecule has 1 heterocycles. The van der Waals surface area contributed by atoms with Crippen LogP contribution in [0.2, 0.25) is 5.02 Å². The lowest BCUT2D eigenvalue weighted by Gasteiger charge is -2.08.